The van der Waals surface area contributed by atoms with E-state index in [1.807, 2.05) is 0 Å². The number of phenolic OH excluding ortho intramolecular Hbond substituents is 1. The van der Waals surface area contributed by atoms with Gasteiger partial charge in [-0.1, -0.05) is 24.3 Å². The van der Waals surface area contributed by atoms with Gasteiger partial charge in [0.05, 0.1) is 24.3 Å². The van der Waals surface area contributed by atoms with Crippen LogP contribution in [0.15, 0.2) is 88.5 Å². The highest BCUT2D eigenvalue weighted by atomic mass is 19.4. The summed E-state index contributed by atoms with van der Waals surface area (Å²) in [5.74, 6) is -2.52. The topological polar surface area (TPSA) is 100 Å². The number of anilines is 1. The number of aliphatic hydroxyl groups excluding tert-OH is 1. The summed E-state index contributed by atoms with van der Waals surface area (Å²) < 4.78 is 50.3. The highest BCUT2D eigenvalue weighted by Gasteiger charge is 2.45. The monoisotopic (exact) mass is 509 g/mol. The number of furan rings is 1. The summed E-state index contributed by atoms with van der Waals surface area (Å²) >= 11 is 0. The molecule has 7 nitrogen and oxygen atoms in total. The van der Waals surface area contributed by atoms with E-state index in [9.17, 15) is 33.0 Å². The third kappa shape index (κ3) is 4.06. The molecule has 5 rings (SSSR count). The van der Waals surface area contributed by atoms with Crippen molar-refractivity contribution >= 4 is 28.3 Å². The number of ether oxygens (including phenoxy) is 1. The fourth-order valence-corrected chi connectivity index (χ4v) is 4.33. The Kier molecular flexibility index (Phi) is 5.66. The van der Waals surface area contributed by atoms with Gasteiger partial charge in [0.1, 0.15) is 5.75 Å². The molecule has 3 aromatic carbocycles. The molecule has 1 atom stereocenters. The van der Waals surface area contributed by atoms with Gasteiger partial charge in [0.25, 0.3) is 5.91 Å². The first-order valence-corrected chi connectivity index (χ1v) is 10.9. The van der Waals surface area contributed by atoms with Gasteiger partial charge in [0.2, 0.25) is 5.78 Å². The van der Waals surface area contributed by atoms with Crippen molar-refractivity contribution in [1.82, 2.24) is 0 Å². The van der Waals surface area contributed by atoms with E-state index in [-0.39, 0.29) is 22.8 Å². The molecule has 2 heterocycles. The van der Waals surface area contributed by atoms with E-state index in [1.165, 1.54) is 37.4 Å². The van der Waals surface area contributed by atoms with Gasteiger partial charge in [0, 0.05) is 11.1 Å². The quantitative estimate of drug-likeness (QED) is 0.323. The Labute approximate surface area is 207 Å². The summed E-state index contributed by atoms with van der Waals surface area (Å²) in [5.41, 5.74) is -0.607. The largest absolute Gasteiger partial charge is 0.508 e. The lowest BCUT2D eigenvalue weighted by Gasteiger charge is -2.27. The first-order valence-electron chi connectivity index (χ1n) is 10.9. The molecule has 1 amide bonds. The number of benzene rings is 3. The third-order valence-electron chi connectivity index (χ3n) is 6.09. The number of aromatic hydroxyl groups is 1. The lowest BCUT2D eigenvalue weighted by molar-refractivity contribution is -0.137. The molecule has 4 aromatic rings. The van der Waals surface area contributed by atoms with Crippen molar-refractivity contribution in [3.63, 3.8) is 0 Å². The van der Waals surface area contributed by atoms with Crippen molar-refractivity contribution < 1.29 is 42.1 Å². The minimum Gasteiger partial charge on any atom is -0.508 e. The molecule has 0 aliphatic carbocycles. The lowest BCUT2D eigenvalue weighted by Crippen LogP contribution is -2.31. The molecule has 37 heavy (non-hydrogen) atoms. The highest BCUT2D eigenvalue weighted by Crippen LogP contribution is 2.43. The number of aliphatic hydroxyl groups is 1. The normalized spacial score (nSPS) is 16.1. The number of fused-ring (bicyclic) bond motifs is 1. The summed E-state index contributed by atoms with van der Waals surface area (Å²) in [4.78, 5) is 27.9. The van der Waals surface area contributed by atoms with E-state index >= 15 is 0 Å². The number of nitrogens with zero attached hydrogens (tertiary/aromatic N) is 1. The van der Waals surface area contributed by atoms with Gasteiger partial charge < -0.3 is 19.4 Å². The van der Waals surface area contributed by atoms with Crippen molar-refractivity contribution in [3.8, 4) is 11.5 Å². The van der Waals surface area contributed by atoms with Gasteiger partial charge in [-0.05, 0) is 54.1 Å². The first kappa shape index (κ1) is 24.0. The van der Waals surface area contributed by atoms with E-state index in [4.69, 9.17) is 9.15 Å². The second-order valence-electron chi connectivity index (χ2n) is 8.29. The number of alkyl halides is 3. The van der Waals surface area contributed by atoms with E-state index in [0.29, 0.717) is 22.3 Å². The Morgan fingerprint density at radius 2 is 1.68 bits per heavy atom. The zero-order valence-corrected chi connectivity index (χ0v) is 19.1. The number of phenols is 1. The Morgan fingerprint density at radius 1 is 1.00 bits per heavy atom. The van der Waals surface area contributed by atoms with Gasteiger partial charge in [-0.15, -0.1) is 0 Å². The Morgan fingerprint density at radius 3 is 2.30 bits per heavy atom. The van der Waals surface area contributed by atoms with Crippen LogP contribution in [-0.4, -0.2) is 29.0 Å². The number of hydrogen-bond donors (Lipinski definition) is 2. The van der Waals surface area contributed by atoms with Crippen molar-refractivity contribution in [2.24, 2.45) is 0 Å². The van der Waals surface area contributed by atoms with Crippen LogP contribution in [0.1, 0.15) is 27.7 Å². The number of amides is 1. The molecule has 2 N–H and O–H groups in total. The lowest BCUT2D eigenvalue weighted by atomic mass is 9.94. The van der Waals surface area contributed by atoms with Crippen molar-refractivity contribution in [3.05, 3.63) is 101 Å². The zero-order chi connectivity index (χ0) is 26.5. The predicted molar refractivity (Wildman–Crippen MR) is 127 cm³/mol. The predicted octanol–water partition coefficient (Wildman–Crippen LogP) is 5.95. The number of methoxy groups -OCH3 is 1. The molecule has 1 unspecified atom stereocenters. The molecule has 1 aliphatic rings. The fourth-order valence-electron chi connectivity index (χ4n) is 4.33. The first-order chi connectivity index (χ1) is 17.6. The molecular weight excluding hydrogens is 491 g/mol. The van der Waals surface area contributed by atoms with Crippen LogP contribution in [0.5, 0.6) is 11.5 Å². The molecule has 1 aliphatic heterocycles. The maximum Gasteiger partial charge on any atom is 0.416 e. The van der Waals surface area contributed by atoms with Crippen molar-refractivity contribution in [1.29, 1.82) is 0 Å². The van der Waals surface area contributed by atoms with Crippen LogP contribution in [0.25, 0.3) is 11.0 Å². The summed E-state index contributed by atoms with van der Waals surface area (Å²) in [6.45, 7) is 0. The van der Waals surface area contributed by atoms with Crippen molar-refractivity contribution in [2.75, 3.05) is 12.0 Å². The molecule has 0 spiro atoms. The van der Waals surface area contributed by atoms with Gasteiger partial charge >= 0.3 is 6.18 Å². The van der Waals surface area contributed by atoms with Crippen LogP contribution >= 0.6 is 0 Å². The standard InChI is InChI=1S/C27H18F3NO6/c1-36-19-4-2-3-15-13-20(37-25(15)19)23(33)21-22(14-5-11-18(32)12-6-14)31(26(35)24(21)34)17-9-7-16(8-10-17)27(28,29)30/h2-13,22,32,34H,1H3. The molecule has 0 saturated carbocycles. The van der Waals surface area contributed by atoms with Crippen LogP contribution in [0.4, 0.5) is 18.9 Å². The van der Waals surface area contributed by atoms with Crippen molar-refractivity contribution in [2.45, 2.75) is 12.2 Å². The van der Waals surface area contributed by atoms with Crippen LogP contribution in [-0.2, 0) is 11.0 Å². The summed E-state index contributed by atoms with van der Waals surface area (Å²) in [5, 5.41) is 21.1. The van der Waals surface area contributed by atoms with Gasteiger partial charge in [-0.3, -0.25) is 14.5 Å². The number of rotatable bonds is 5. The average molecular weight is 509 g/mol. The van der Waals surface area contributed by atoms with Gasteiger partial charge in [-0.2, -0.15) is 13.2 Å². The molecule has 0 fully saturated rings. The fraction of sp³-hybridized carbons (Fsp3) is 0.111. The minimum atomic E-state index is -4.59. The van der Waals surface area contributed by atoms with Gasteiger partial charge in [0.15, 0.2) is 22.9 Å². The zero-order valence-electron chi connectivity index (χ0n) is 19.1. The number of hydrogen-bond acceptors (Lipinski definition) is 6. The van der Waals surface area contributed by atoms with E-state index in [2.05, 4.69) is 0 Å². The average Bonchev–Trinajstić information content (AvgIpc) is 3.43. The van der Waals surface area contributed by atoms with E-state index < -0.39 is 35.2 Å². The van der Waals surface area contributed by atoms with Crippen LogP contribution in [0, 0.1) is 0 Å². The van der Waals surface area contributed by atoms with E-state index in [0.717, 1.165) is 29.2 Å². The second kappa shape index (κ2) is 8.74. The molecule has 0 bridgehead atoms. The second-order valence-corrected chi connectivity index (χ2v) is 8.29. The number of para-hydroxylation sites is 1. The highest BCUT2D eigenvalue weighted by molar-refractivity contribution is 6.20. The Balaban J connectivity index is 1.63. The minimum absolute atomic E-state index is 0.0247. The van der Waals surface area contributed by atoms with Crippen LogP contribution in [0.2, 0.25) is 0 Å². The molecule has 10 heteroatoms. The summed E-state index contributed by atoms with van der Waals surface area (Å²) in [6.07, 6.45) is -4.59. The molecule has 0 saturated heterocycles. The Bertz CT molecular complexity index is 1550. The molecule has 0 radical (unpaired) electrons. The maximum absolute atomic E-state index is 13.7. The number of carbonyl (C=O) groups is 2. The number of halogens is 3. The summed E-state index contributed by atoms with van der Waals surface area (Å²) in [6, 6.07) is 14.6. The molecule has 1 aromatic heterocycles. The van der Waals surface area contributed by atoms with Crippen LogP contribution in [0.3, 0.4) is 0 Å². The number of carbonyl (C=O) groups excluding carboxylic acids is 2. The molecular formula is C27H18F3NO6. The van der Waals surface area contributed by atoms with E-state index in [1.54, 1.807) is 18.2 Å². The summed E-state index contributed by atoms with van der Waals surface area (Å²) in [7, 11) is 1.44. The smallest absolute Gasteiger partial charge is 0.416 e. The SMILES string of the molecule is COc1cccc2cc(C(=O)C3=C(O)C(=O)N(c4ccc(C(F)(F)F)cc4)C3c3ccc(O)cc3)oc12. The number of Topliss-reactive ketones (excluding diaryl/α,β-unsaturated/α-hetero) is 1. The Hall–Kier alpha value is -4.73. The van der Waals surface area contributed by atoms with Gasteiger partial charge in [-0.25, -0.2) is 0 Å². The maximum atomic E-state index is 13.7. The number of ketones is 1. The third-order valence-corrected chi connectivity index (χ3v) is 6.09. The van der Waals surface area contributed by atoms with Crippen LogP contribution < -0.4 is 9.64 Å². The molecule has 188 valence electrons.